The molecule has 4 N–H and O–H groups in total. The van der Waals surface area contributed by atoms with Crippen LogP contribution in [0, 0.1) is 0 Å². The Morgan fingerprint density at radius 1 is 1.14 bits per heavy atom. The fourth-order valence-corrected chi connectivity index (χ4v) is 5.51. The lowest BCUT2D eigenvalue weighted by Crippen LogP contribution is -2.13. The van der Waals surface area contributed by atoms with E-state index in [1.54, 1.807) is 17.7 Å². The third-order valence-corrected chi connectivity index (χ3v) is 7.49. The number of nitrogens with zero attached hydrogens (tertiary/aromatic N) is 4. The first-order valence-electron chi connectivity index (χ1n) is 12.0. The highest BCUT2D eigenvalue weighted by Gasteiger charge is 2.22. The van der Waals surface area contributed by atoms with E-state index in [9.17, 15) is 4.79 Å². The third-order valence-electron chi connectivity index (χ3n) is 6.60. The van der Waals surface area contributed by atoms with Crippen molar-refractivity contribution in [2.75, 3.05) is 12.8 Å². The maximum absolute atomic E-state index is 9.26. The number of pyridine rings is 1. The smallest absolute Gasteiger partial charge is 0.404 e. The zero-order valence-electron chi connectivity index (χ0n) is 20.0. The lowest BCUT2D eigenvalue weighted by molar-refractivity contribution is 0.197. The molecule has 184 valence electrons. The molecule has 0 bridgehead atoms. The van der Waals surface area contributed by atoms with Crippen LogP contribution >= 0.6 is 11.3 Å². The molecule has 36 heavy (non-hydrogen) atoms. The van der Waals surface area contributed by atoms with Crippen LogP contribution < -0.4 is 11.1 Å². The highest BCUT2D eigenvalue weighted by atomic mass is 32.1. The SMILES string of the molecule is CNC(=O)O.Nc1ncnc2c1c(-c1ccc3ccc(-c4cccs4)nc3c1)cn2C1CCCCC1. The molecule has 1 aliphatic carbocycles. The predicted octanol–water partition coefficient (Wildman–Crippen LogP) is 6.35. The minimum atomic E-state index is -0.995. The average molecular weight is 501 g/mol. The van der Waals surface area contributed by atoms with E-state index < -0.39 is 6.09 Å². The van der Waals surface area contributed by atoms with Gasteiger partial charge in [0.1, 0.15) is 17.8 Å². The molecule has 0 aliphatic heterocycles. The topological polar surface area (TPSA) is 119 Å². The van der Waals surface area contributed by atoms with Crippen LogP contribution in [0.25, 0.3) is 43.6 Å². The maximum Gasteiger partial charge on any atom is 0.404 e. The molecule has 1 fully saturated rings. The summed E-state index contributed by atoms with van der Waals surface area (Å²) in [5, 5.41) is 13.7. The molecule has 1 aromatic carbocycles. The van der Waals surface area contributed by atoms with Crippen molar-refractivity contribution in [1.29, 1.82) is 0 Å². The monoisotopic (exact) mass is 500 g/mol. The second kappa shape index (κ2) is 10.3. The first-order valence-corrected chi connectivity index (χ1v) is 12.9. The number of thiophene rings is 1. The van der Waals surface area contributed by atoms with Gasteiger partial charge in [0.25, 0.3) is 0 Å². The molecular weight excluding hydrogens is 472 g/mol. The van der Waals surface area contributed by atoms with E-state index in [0.29, 0.717) is 11.9 Å². The Hall–Kier alpha value is -3.98. The number of hydrogen-bond acceptors (Lipinski definition) is 6. The molecule has 8 nitrogen and oxygen atoms in total. The maximum atomic E-state index is 9.26. The summed E-state index contributed by atoms with van der Waals surface area (Å²) in [7, 11) is 1.35. The summed E-state index contributed by atoms with van der Waals surface area (Å²) in [6.07, 6.45) is 9.06. The highest BCUT2D eigenvalue weighted by molar-refractivity contribution is 7.13. The summed E-state index contributed by atoms with van der Waals surface area (Å²) in [5.74, 6) is 0.537. The van der Waals surface area contributed by atoms with Crippen LogP contribution in [0.15, 0.2) is 60.4 Å². The fourth-order valence-electron chi connectivity index (χ4n) is 4.81. The van der Waals surface area contributed by atoms with Crippen LogP contribution in [0.1, 0.15) is 38.1 Å². The molecule has 6 rings (SSSR count). The van der Waals surface area contributed by atoms with Gasteiger partial charge in [-0.25, -0.2) is 19.7 Å². The Balaban J connectivity index is 0.000000489. The van der Waals surface area contributed by atoms with Crippen LogP contribution in [0.4, 0.5) is 10.6 Å². The zero-order valence-corrected chi connectivity index (χ0v) is 20.8. The lowest BCUT2D eigenvalue weighted by Gasteiger charge is -2.23. The van der Waals surface area contributed by atoms with E-state index >= 15 is 0 Å². The number of carboxylic acid groups (broad SMARTS) is 1. The van der Waals surface area contributed by atoms with Gasteiger partial charge in [0, 0.05) is 30.2 Å². The number of amides is 1. The summed E-state index contributed by atoms with van der Waals surface area (Å²) in [6, 6.07) is 15.3. The number of fused-ring (bicyclic) bond motifs is 2. The molecular formula is C27H28N6O2S. The van der Waals surface area contributed by atoms with Gasteiger partial charge in [0.2, 0.25) is 0 Å². The lowest BCUT2D eigenvalue weighted by atomic mass is 9.95. The van der Waals surface area contributed by atoms with Crippen LogP contribution in [0.3, 0.4) is 0 Å². The average Bonchev–Trinajstić information content (AvgIpc) is 3.58. The number of nitrogen functional groups attached to an aromatic ring is 1. The number of hydrogen-bond donors (Lipinski definition) is 3. The second-order valence-electron chi connectivity index (χ2n) is 8.84. The van der Waals surface area contributed by atoms with Crippen molar-refractivity contribution in [1.82, 2.24) is 24.8 Å². The van der Waals surface area contributed by atoms with Gasteiger partial charge in [-0.2, -0.15) is 0 Å². The molecule has 4 aromatic heterocycles. The van der Waals surface area contributed by atoms with Gasteiger partial charge in [0.05, 0.1) is 21.5 Å². The summed E-state index contributed by atoms with van der Waals surface area (Å²) >= 11 is 1.71. The van der Waals surface area contributed by atoms with Crippen LogP contribution in [-0.4, -0.2) is 37.8 Å². The number of benzene rings is 1. The van der Waals surface area contributed by atoms with E-state index in [0.717, 1.165) is 38.8 Å². The number of carbonyl (C=O) groups is 1. The fraction of sp³-hybridized carbons (Fsp3) is 0.259. The van der Waals surface area contributed by atoms with Gasteiger partial charge >= 0.3 is 6.09 Å². The van der Waals surface area contributed by atoms with E-state index in [-0.39, 0.29) is 0 Å². The van der Waals surface area contributed by atoms with Crippen molar-refractivity contribution in [3.05, 3.63) is 60.4 Å². The van der Waals surface area contributed by atoms with E-state index in [4.69, 9.17) is 15.8 Å². The van der Waals surface area contributed by atoms with Crippen LogP contribution in [0.2, 0.25) is 0 Å². The number of nitrogens with two attached hydrogens (primary N) is 1. The summed E-state index contributed by atoms with van der Waals surface area (Å²) in [6.45, 7) is 0. The van der Waals surface area contributed by atoms with Crippen molar-refractivity contribution < 1.29 is 9.90 Å². The normalized spacial score (nSPS) is 13.9. The summed E-state index contributed by atoms with van der Waals surface area (Å²) < 4.78 is 2.33. The molecule has 1 amide bonds. The number of anilines is 1. The molecule has 1 saturated carbocycles. The zero-order chi connectivity index (χ0) is 25.1. The Morgan fingerprint density at radius 3 is 2.64 bits per heavy atom. The van der Waals surface area contributed by atoms with Crippen molar-refractivity contribution in [2.24, 2.45) is 0 Å². The molecule has 9 heteroatoms. The number of rotatable bonds is 3. The molecule has 0 spiro atoms. The van der Waals surface area contributed by atoms with E-state index in [1.165, 1.54) is 44.0 Å². The first-order chi connectivity index (χ1) is 17.5. The molecule has 0 unspecified atom stereocenters. The van der Waals surface area contributed by atoms with Crippen LogP contribution in [-0.2, 0) is 0 Å². The van der Waals surface area contributed by atoms with Crippen molar-refractivity contribution in [3.63, 3.8) is 0 Å². The van der Waals surface area contributed by atoms with Gasteiger partial charge in [-0.3, -0.25) is 0 Å². The van der Waals surface area contributed by atoms with Crippen molar-refractivity contribution in [2.45, 2.75) is 38.1 Å². The van der Waals surface area contributed by atoms with E-state index in [1.807, 2.05) is 5.32 Å². The minimum absolute atomic E-state index is 0.475. The Bertz CT molecular complexity index is 1510. The summed E-state index contributed by atoms with van der Waals surface area (Å²) in [5.41, 5.74) is 11.5. The first kappa shape index (κ1) is 23.7. The predicted molar refractivity (Wildman–Crippen MR) is 145 cm³/mol. The highest BCUT2D eigenvalue weighted by Crippen LogP contribution is 2.38. The molecule has 0 atom stereocenters. The van der Waals surface area contributed by atoms with Gasteiger partial charge < -0.3 is 20.7 Å². The Morgan fingerprint density at radius 2 is 1.92 bits per heavy atom. The second-order valence-corrected chi connectivity index (χ2v) is 9.78. The van der Waals surface area contributed by atoms with Gasteiger partial charge in [0.15, 0.2) is 0 Å². The van der Waals surface area contributed by atoms with Crippen molar-refractivity contribution in [3.8, 4) is 21.7 Å². The number of nitrogens with one attached hydrogen (secondary N) is 1. The third kappa shape index (κ3) is 4.74. The quantitative estimate of drug-likeness (QED) is 0.266. The van der Waals surface area contributed by atoms with Gasteiger partial charge in [-0.1, -0.05) is 43.5 Å². The number of aromatic nitrogens is 4. The Labute approximate surface area is 212 Å². The van der Waals surface area contributed by atoms with Gasteiger partial charge in [-0.05, 0) is 42.0 Å². The minimum Gasteiger partial charge on any atom is -0.465 e. The Kier molecular flexibility index (Phi) is 6.81. The molecule has 4 heterocycles. The summed E-state index contributed by atoms with van der Waals surface area (Å²) in [4.78, 5) is 24.3. The molecule has 0 radical (unpaired) electrons. The molecule has 0 saturated heterocycles. The largest absolute Gasteiger partial charge is 0.465 e. The standard InChI is InChI=1S/C25H23N5S.C2H5NO2/c26-24-23-19(14-30(25(23)28-15-27-24)18-5-2-1-3-6-18)17-9-8-16-10-11-20(29-21(16)13-17)22-7-4-12-31-22;1-3-2(4)5/h4,7-15,18H,1-3,5-6H2,(H2,26,27,28);3H,1H3,(H,4,5). The molecule has 5 aromatic rings. The van der Waals surface area contributed by atoms with Crippen molar-refractivity contribution >= 4 is 45.2 Å². The molecule has 1 aliphatic rings. The van der Waals surface area contributed by atoms with E-state index in [2.05, 4.69) is 68.6 Å². The van der Waals surface area contributed by atoms with Gasteiger partial charge in [-0.15, -0.1) is 11.3 Å². The van der Waals surface area contributed by atoms with Crippen LogP contribution in [0.5, 0.6) is 0 Å².